The molecule has 1 heterocycles. The van der Waals surface area contributed by atoms with Crippen LogP contribution in [0.1, 0.15) is 24.9 Å². The number of likely N-dealkylation sites (tertiary alicyclic amines) is 1. The molecule has 1 aliphatic heterocycles. The predicted octanol–water partition coefficient (Wildman–Crippen LogP) is 1.79. The molecule has 1 aromatic rings. The van der Waals surface area contributed by atoms with Gasteiger partial charge in [-0.05, 0) is 18.9 Å². The van der Waals surface area contributed by atoms with Crippen LogP contribution in [0.3, 0.4) is 0 Å². The number of carbonyl (C=O) groups is 2. The number of carboxylic acid groups (broad SMARTS) is 2. The summed E-state index contributed by atoms with van der Waals surface area (Å²) < 4.78 is 0. The zero-order valence-corrected chi connectivity index (χ0v) is 11.9. The summed E-state index contributed by atoms with van der Waals surface area (Å²) in [6.07, 6.45) is -0.559. The van der Waals surface area contributed by atoms with E-state index in [1.165, 1.54) is 4.90 Å². The smallest absolute Gasteiger partial charge is 0.407 e. The number of carboxylic acids is 1. The van der Waals surface area contributed by atoms with E-state index in [1.54, 1.807) is 0 Å². The van der Waals surface area contributed by atoms with Crippen molar-refractivity contribution in [2.45, 2.75) is 25.4 Å². The van der Waals surface area contributed by atoms with E-state index >= 15 is 0 Å². The molecular formula is C15H20N2O4. The van der Waals surface area contributed by atoms with E-state index in [9.17, 15) is 14.7 Å². The summed E-state index contributed by atoms with van der Waals surface area (Å²) in [5, 5.41) is 21.7. The lowest BCUT2D eigenvalue weighted by Gasteiger charge is -2.37. The Morgan fingerprint density at radius 2 is 1.95 bits per heavy atom. The molecule has 0 spiro atoms. The zero-order valence-electron chi connectivity index (χ0n) is 11.9. The van der Waals surface area contributed by atoms with Gasteiger partial charge in [-0.2, -0.15) is 0 Å². The van der Waals surface area contributed by atoms with Crippen LogP contribution in [0.15, 0.2) is 30.3 Å². The number of amides is 1. The van der Waals surface area contributed by atoms with Crippen molar-refractivity contribution < 1.29 is 19.8 Å². The molecule has 1 aliphatic rings. The Kier molecular flexibility index (Phi) is 4.80. The van der Waals surface area contributed by atoms with Crippen LogP contribution in [0, 0.1) is 5.92 Å². The molecule has 114 valence electrons. The van der Waals surface area contributed by atoms with Crippen molar-refractivity contribution >= 4 is 12.1 Å². The monoisotopic (exact) mass is 292 g/mol. The molecule has 3 atom stereocenters. The molecule has 3 N–H and O–H groups in total. The minimum absolute atomic E-state index is 0.0226. The van der Waals surface area contributed by atoms with E-state index in [1.807, 2.05) is 37.3 Å². The first kappa shape index (κ1) is 15.3. The first-order chi connectivity index (χ1) is 9.99. The molecule has 1 amide bonds. The summed E-state index contributed by atoms with van der Waals surface area (Å²) in [4.78, 5) is 23.5. The van der Waals surface area contributed by atoms with Gasteiger partial charge in [0.05, 0.1) is 5.92 Å². The second kappa shape index (κ2) is 6.58. The van der Waals surface area contributed by atoms with Crippen molar-refractivity contribution in [1.82, 2.24) is 10.2 Å². The maximum Gasteiger partial charge on any atom is 0.407 e. The van der Waals surface area contributed by atoms with Gasteiger partial charge in [0.25, 0.3) is 0 Å². The van der Waals surface area contributed by atoms with Gasteiger partial charge in [-0.1, -0.05) is 30.3 Å². The van der Waals surface area contributed by atoms with E-state index in [0.29, 0.717) is 13.0 Å². The molecular weight excluding hydrogens is 272 g/mol. The predicted molar refractivity (Wildman–Crippen MR) is 77.1 cm³/mol. The molecule has 6 heteroatoms. The number of nitrogens with one attached hydrogen (secondary N) is 1. The normalized spacial score (nSPS) is 23.6. The number of piperidine rings is 1. The van der Waals surface area contributed by atoms with Gasteiger partial charge in [-0.25, -0.2) is 4.79 Å². The largest absolute Gasteiger partial charge is 0.481 e. The molecule has 0 saturated carbocycles. The Bertz CT molecular complexity index is 506. The Morgan fingerprint density at radius 3 is 2.52 bits per heavy atom. The highest BCUT2D eigenvalue weighted by molar-refractivity contribution is 5.73. The lowest BCUT2D eigenvalue weighted by molar-refractivity contribution is -0.144. The molecule has 0 aromatic heterocycles. The highest BCUT2D eigenvalue weighted by atomic mass is 16.4. The Balaban J connectivity index is 2.04. The SMILES string of the molecule is C[C@H](N[C@H]1CCN(C(=O)O)C[C@H]1C(=O)O)c1ccccc1. The summed E-state index contributed by atoms with van der Waals surface area (Å²) in [5.41, 5.74) is 1.09. The zero-order chi connectivity index (χ0) is 15.4. The fourth-order valence-corrected chi connectivity index (χ4v) is 2.73. The molecule has 1 fully saturated rings. The van der Waals surface area contributed by atoms with Crippen LogP contribution in [0.25, 0.3) is 0 Å². The standard InChI is InChI=1S/C15H20N2O4/c1-10(11-5-3-2-4-6-11)16-13-7-8-17(15(20)21)9-12(13)14(18)19/h2-6,10,12-13,16H,7-9H2,1H3,(H,18,19)(H,20,21)/t10-,12+,13-/m0/s1. The van der Waals surface area contributed by atoms with Gasteiger partial charge in [0.1, 0.15) is 0 Å². The highest BCUT2D eigenvalue weighted by Gasteiger charge is 2.36. The van der Waals surface area contributed by atoms with Gasteiger partial charge in [-0.15, -0.1) is 0 Å². The van der Waals surface area contributed by atoms with Crippen LogP contribution in [-0.2, 0) is 4.79 Å². The van der Waals surface area contributed by atoms with E-state index in [-0.39, 0.29) is 18.6 Å². The van der Waals surface area contributed by atoms with Crippen LogP contribution in [0.2, 0.25) is 0 Å². The molecule has 21 heavy (non-hydrogen) atoms. The fraction of sp³-hybridized carbons (Fsp3) is 0.467. The summed E-state index contributed by atoms with van der Waals surface area (Å²) in [7, 11) is 0. The molecule has 0 unspecified atom stereocenters. The first-order valence-electron chi connectivity index (χ1n) is 7.00. The summed E-state index contributed by atoms with van der Waals surface area (Å²) in [6.45, 7) is 2.37. The lowest BCUT2D eigenvalue weighted by Crippen LogP contribution is -2.53. The molecule has 1 saturated heterocycles. The van der Waals surface area contributed by atoms with E-state index in [0.717, 1.165) is 5.56 Å². The summed E-state index contributed by atoms with van der Waals surface area (Å²) >= 11 is 0. The maximum atomic E-state index is 11.4. The van der Waals surface area contributed by atoms with Crippen molar-refractivity contribution in [3.63, 3.8) is 0 Å². The minimum atomic E-state index is -1.06. The van der Waals surface area contributed by atoms with Crippen LogP contribution < -0.4 is 5.32 Å². The van der Waals surface area contributed by atoms with Crippen molar-refractivity contribution in [1.29, 1.82) is 0 Å². The van der Waals surface area contributed by atoms with Crippen LogP contribution in [0.4, 0.5) is 4.79 Å². The first-order valence-corrected chi connectivity index (χ1v) is 7.00. The molecule has 6 nitrogen and oxygen atoms in total. The second-order valence-corrected chi connectivity index (χ2v) is 5.37. The molecule has 0 bridgehead atoms. The van der Waals surface area contributed by atoms with Crippen molar-refractivity contribution in [2.75, 3.05) is 13.1 Å². The molecule has 1 aromatic carbocycles. The van der Waals surface area contributed by atoms with Crippen molar-refractivity contribution in [3.8, 4) is 0 Å². The van der Waals surface area contributed by atoms with Gasteiger partial charge in [0, 0.05) is 25.2 Å². The van der Waals surface area contributed by atoms with E-state index in [2.05, 4.69) is 5.32 Å². The second-order valence-electron chi connectivity index (χ2n) is 5.37. The van der Waals surface area contributed by atoms with Gasteiger partial charge in [0.15, 0.2) is 0 Å². The Labute approximate surface area is 123 Å². The third-order valence-corrected chi connectivity index (χ3v) is 3.96. The van der Waals surface area contributed by atoms with Crippen LogP contribution >= 0.6 is 0 Å². The lowest BCUT2D eigenvalue weighted by atomic mass is 9.91. The van der Waals surface area contributed by atoms with E-state index < -0.39 is 18.0 Å². The number of hydrogen-bond acceptors (Lipinski definition) is 3. The van der Waals surface area contributed by atoms with Crippen LogP contribution in [-0.4, -0.2) is 46.3 Å². The number of benzene rings is 1. The van der Waals surface area contributed by atoms with Gasteiger partial charge >= 0.3 is 12.1 Å². The topological polar surface area (TPSA) is 89.9 Å². The molecule has 2 rings (SSSR count). The number of rotatable bonds is 4. The van der Waals surface area contributed by atoms with Crippen molar-refractivity contribution in [3.05, 3.63) is 35.9 Å². The van der Waals surface area contributed by atoms with E-state index in [4.69, 9.17) is 5.11 Å². The fourth-order valence-electron chi connectivity index (χ4n) is 2.73. The van der Waals surface area contributed by atoms with Gasteiger partial charge in [0.2, 0.25) is 0 Å². The summed E-state index contributed by atoms with van der Waals surface area (Å²) in [5.74, 6) is -1.68. The van der Waals surface area contributed by atoms with Crippen LogP contribution in [0.5, 0.6) is 0 Å². The average Bonchev–Trinajstić information content (AvgIpc) is 2.48. The quantitative estimate of drug-likeness (QED) is 0.787. The number of nitrogens with zero attached hydrogens (tertiary/aromatic N) is 1. The third-order valence-electron chi connectivity index (χ3n) is 3.96. The van der Waals surface area contributed by atoms with Crippen molar-refractivity contribution in [2.24, 2.45) is 5.92 Å². The van der Waals surface area contributed by atoms with Gasteiger partial charge < -0.3 is 20.4 Å². The minimum Gasteiger partial charge on any atom is -0.481 e. The van der Waals surface area contributed by atoms with Gasteiger partial charge in [-0.3, -0.25) is 4.79 Å². The number of hydrogen-bond donors (Lipinski definition) is 3. The third kappa shape index (κ3) is 3.72. The molecule has 0 aliphatic carbocycles. The Morgan fingerprint density at radius 1 is 1.29 bits per heavy atom. The number of aliphatic carboxylic acids is 1. The highest BCUT2D eigenvalue weighted by Crippen LogP contribution is 2.22. The average molecular weight is 292 g/mol. The molecule has 0 radical (unpaired) electrons. The Hall–Kier alpha value is -2.08. The maximum absolute atomic E-state index is 11.4. The summed E-state index contributed by atoms with van der Waals surface area (Å²) in [6, 6.07) is 9.58.